The summed E-state index contributed by atoms with van der Waals surface area (Å²) in [6.45, 7) is 12.5. The summed E-state index contributed by atoms with van der Waals surface area (Å²) in [5.74, 6) is -8.53. The minimum atomic E-state index is -2.06. The van der Waals surface area contributed by atoms with E-state index in [0.29, 0.717) is 11.0 Å². The summed E-state index contributed by atoms with van der Waals surface area (Å²) in [6.07, 6.45) is 3.49. The fourth-order valence-corrected chi connectivity index (χ4v) is 8.02. The number of allylic oxidation sites excluding steroid dienone is 2. The van der Waals surface area contributed by atoms with Crippen LogP contribution in [-0.4, -0.2) is 90.5 Å². The van der Waals surface area contributed by atoms with Crippen molar-refractivity contribution in [1.82, 2.24) is 9.97 Å². The number of aliphatic hydroxyl groups is 2. The minimum Gasteiger partial charge on any atom is -0.507 e. The number of aromatic nitrogens is 2. The predicted octanol–water partition coefficient (Wildman–Crippen LogP) is 6.30. The number of imidazole rings is 1. The van der Waals surface area contributed by atoms with Crippen molar-refractivity contribution in [2.75, 3.05) is 12.4 Å². The predicted molar refractivity (Wildman–Crippen MR) is 219 cm³/mol. The molecule has 0 spiro atoms. The lowest BCUT2D eigenvalue weighted by atomic mass is 9.78. The fourth-order valence-electron chi connectivity index (χ4n) is 8.02. The van der Waals surface area contributed by atoms with Gasteiger partial charge in [0.05, 0.1) is 57.8 Å². The molecule has 4 aromatic rings. The lowest BCUT2D eigenvalue weighted by Crippen LogP contribution is -2.46. The molecule has 4 heterocycles. The van der Waals surface area contributed by atoms with Crippen molar-refractivity contribution in [2.45, 2.75) is 85.6 Å². The maximum atomic E-state index is 14.5. The summed E-state index contributed by atoms with van der Waals surface area (Å²) < 4.78 is 23.6. The second kappa shape index (κ2) is 16.4. The van der Waals surface area contributed by atoms with Crippen LogP contribution >= 0.6 is 0 Å². The number of rotatable bonds is 3. The van der Waals surface area contributed by atoms with Crippen molar-refractivity contribution in [1.29, 1.82) is 0 Å². The molecule has 3 aromatic carbocycles. The molecule has 314 valence electrons. The van der Waals surface area contributed by atoms with E-state index in [2.05, 4.69) is 15.3 Å². The zero-order chi connectivity index (χ0) is 43.2. The molecular formula is C44H51N3O12. The Balaban J connectivity index is 1.57. The van der Waals surface area contributed by atoms with Crippen molar-refractivity contribution >= 4 is 45.2 Å². The first-order valence-corrected chi connectivity index (χ1v) is 19.4. The molecule has 0 radical (unpaired) electrons. The number of anilines is 1. The van der Waals surface area contributed by atoms with E-state index in [1.165, 1.54) is 53.2 Å². The number of para-hydroxylation sites is 2. The highest BCUT2D eigenvalue weighted by atomic mass is 16.7. The number of aromatic amines is 1. The number of benzene rings is 3. The van der Waals surface area contributed by atoms with Crippen LogP contribution in [0.15, 0.2) is 60.4 Å². The van der Waals surface area contributed by atoms with E-state index in [1.54, 1.807) is 64.1 Å². The number of aliphatic hydroxyl groups excluding tert-OH is 2. The molecule has 5 bridgehead atoms. The van der Waals surface area contributed by atoms with Gasteiger partial charge in [-0.2, -0.15) is 0 Å². The molecule has 0 saturated carbocycles. The van der Waals surface area contributed by atoms with Gasteiger partial charge >= 0.3 is 11.8 Å². The number of amides is 1. The van der Waals surface area contributed by atoms with E-state index in [-0.39, 0.29) is 50.3 Å². The molecule has 15 heteroatoms. The summed E-state index contributed by atoms with van der Waals surface area (Å²) in [7, 11) is 1.43. The number of carbonyl (C=O) groups is 3. The number of ether oxygens (including phenoxy) is 4. The number of esters is 1. The van der Waals surface area contributed by atoms with Gasteiger partial charge in [-0.25, -0.2) is 4.98 Å². The highest BCUT2D eigenvalue weighted by Gasteiger charge is 2.50. The molecule has 3 aliphatic heterocycles. The van der Waals surface area contributed by atoms with Crippen LogP contribution in [0, 0.1) is 30.6 Å². The highest BCUT2D eigenvalue weighted by molar-refractivity contribution is 6.23. The number of hydrogen-bond acceptors (Lipinski definition) is 13. The maximum absolute atomic E-state index is 14.5. The summed E-state index contributed by atoms with van der Waals surface area (Å²) in [5.41, 5.74) is 0.572. The van der Waals surface area contributed by atoms with E-state index in [1.807, 2.05) is 0 Å². The Morgan fingerprint density at radius 1 is 0.898 bits per heavy atom. The van der Waals surface area contributed by atoms with E-state index < -0.39 is 88.8 Å². The van der Waals surface area contributed by atoms with E-state index in [9.17, 15) is 39.9 Å². The Labute approximate surface area is 341 Å². The van der Waals surface area contributed by atoms with Gasteiger partial charge in [-0.3, -0.25) is 14.4 Å². The van der Waals surface area contributed by atoms with Gasteiger partial charge < -0.3 is 54.8 Å². The second-order valence-corrected chi connectivity index (χ2v) is 15.7. The number of Topliss-reactive ketones (excluding diaryl/α,β-unsaturated/α-hetero) is 1. The quantitative estimate of drug-likeness (QED) is 0.0685. The highest BCUT2D eigenvalue weighted by Crippen LogP contribution is 2.57. The summed E-state index contributed by atoms with van der Waals surface area (Å²) in [6, 6.07) is 7.00. The third-order valence-corrected chi connectivity index (χ3v) is 11.6. The summed E-state index contributed by atoms with van der Waals surface area (Å²) in [4.78, 5) is 48.4. The molecule has 15 nitrogen and oxygen atoms in total. The number of phenols is 3. The standard InChI is InChI=1S/C44H51N3O12/c1-19-13-12-14-20(2)43(55)47-33-32(42-45-26-15-10-11-16-27(26)46-42)37(52)29-30(38(33)53)36(51)24(6)40-31(29)41(54)44(8,59-40)57-18-17-28(56-9)21(3)39(58-25(7)48)23(5)35(50)22(4)34(19)49/h10-19,21-23,28,34-35,39,49-53H,1-9H3,(H,45,46)(H,47,55)/b13-12+,18-17+,20-14+. The van der Waals surface area contributed by atoms with E-state index in [0.717, 1.165) is 0 Å². The van der Waals surface area contributed by atoms with Crippen LogP contribution in [0.4, 0.5) is 5.69 Å². The summed E-state index contributed by atoms with van der Waals surface area (Å²) in [5, 5.41) is 60.8. The SMILES string of the molecule is COC1/C=C/OC2(C)Oc3c(C)c(O)c4c(O)c(c(-c5nc6ccccc6[nH]5)c(O)c4c3C2=O)NC(=O)/C(C)=C/C=C/C(C)C(O)C(C)C(O)C(C)C(OC(C)=O)C1C. The van der Waals surface area contributed by atoms with Crippen LogP contribution in [-0.2, 0) is 23.8 Å². The van der Waals surface area contributed by atoms with Gasteiger partial charge in [0.15, 0.2) is 5.75 Å². The van der Waals surface area contributed by atoms with Gasteiger partial charge in [0.25, 0.3) is 11.7 Å². The van der Waals surface area contributed by atoms with Crippen molar-refractivity contribution in [2.24, 2.45) is 23.7 Å². The van der Waals surface area contributed by atoms with Gasteiger partial charge in [-0.15, -0.1) is 0 Å². The van der Waals surface area contributed by atoms with Crippen molar-refractivity contribution < 1.29 is 58.9 Å². The summed E-state index contributed by atoms with van der Waals surface area (Å²) >= 11 is 0. The molecule has 1 aromatic heterocycles. The van der Waals surface area contributed by atoms with Crippen LogP contribution in [0.25, 0.3) is 33.2 Å². The number of phenolic OH excluding ortho intramolecular Hbond substituents is 3. The third-order valence-electron chi connectivity index (χ3n) is 11.6. The Hall–Kier alpha value is -5.90. The van der Waals surface area contributed by atoms with Crippen molar-refractivity contribution in [3.05, 3.63) is 71.5 Å². The van der Waals surface area contributed by atoms with Gasteiger partial charge in [0, 0.05) is 61.2 Å². The molecule has 0 fully saturated rings. The molecule has 9 unspecified atom stereocenters. The number of aromatic hydroxyl groups is 3. The Morgan fingerprint density at radius 2 is 1.59 bits per heavy atom. The Bertz CT molecular complexity index is 2380. The molecule has 59 heavy (non-hydrogen) atoms. The van der Waals surface area contributed by atoms with Gasteiger partial charge in [-0.05, 0) is 32.1 Å². The molecule has 3 aliphatic rings. The fraction of sp³-hybridized carbons (Fsp3) is 0.409. The number of carbonyl (C=O) groups excluding carboxylic acids is 3. The van der Waals surface area contributed by atoms with Crippen LogP contribution in [0.3, 0.4) is 0 Å². The van der Waals surface area contributed by atoms with Crippen molar-refractivity contribution in [3.63, 3.8) is 0 Å². The first-order chi connectivity index (χ1) is 27.8. The number of ketones is 1. The lowest BCUT2D eigenvalue weighted by molar-refractivity contribution is -0.160. The normalized spacial score (nSPS) is 30.1. The Kier molecular flexibility index (Phi) is 11.9. The van der Waals surface area contributed by atoms with Crippen LogP contribution in [0.5, 0.6) is 23.0 Å². The number of hydrogen-bond donors (Lipinski definition) is 7. The maximum Gasteiger partial charge on any atom is 0.312 e. The first-order valence-electron chi connectivity index (χ1n) is 19.4. The lowest BCUT2D eigenvalue weighted by Gasteiger charge is -2.38. The van der Waals surface area contributed by atoms with Gasteiger partial charge in [-0.1, -0.05) is 58.1 Å². The molecule has 7 rings (SSSR count). The number of nitrogens with one attached hydrogen (secondary N) is 2. The number of fused-ring (bicyclic) bond motifs is 15. The van der Waals surface area contributed by atoms with E-state index >= 15 is 0 Å². The second-order valence-electron chi connectivity index (χ2n) is 15.7. The Morgan fingerprint density at radius 3 is 2.25 bits per heavy atom. The third kappa shape index (κ3) is 7.61. The average molecular weight is 814 g/mol. The van der Waals surface area contributed by atoms with Crippen LogP contribution in [0.2, 0.25) is 0 Å². The zero-order valence-electron chi connectivity index (χ0n) is 34.4. The molecular weight excluding hydrogens is 762 g/mol. The minimum absolute atomic E-state index is 0.0292. The van der Waals surface area contributed by atoms with Gasteiger partial charge in [0.1, 0.15) is 29.2 Å². The van der Waals surface area contributed by atoms with Crippen LogP contribution in [0.1, 0.15) is 64.4 Å². The molecule has 9 atom stereocenters. The smallest absolute Gasteiger partial charge is 0.312 e. The number of H-pyrrole nitrogens is 1. The average Bonchev–Trinajstić information content (AvgIpc) is 3.74. The first kappa shape index (κ1) is 42.7. The molecule has 0 aliphatic carbocycles. The zero-order valence-corrected chi connectivity index (χ0v) is 34.4. The largest absolute Gasteiger partial charge is 0.507 e. The van der Waals surface area contributed by atoms with Crippen LogP contribution < -0.4 is 10.1 Å². The molecule has 7 N–H and O–H groups in total. The topological polar surface area (TPSA) is 230 Å². The number of nitrogens with zero attached hydrogens (tertiary/aromatic N) is 1. The van der Waals surface area contributed by atoms with E-state index in [4.69, 9.17) is 18.9 Å². The van der Waals surface area contributed by atoms with Gasteiger partial charge in [0.2, 0.25) is 0 Å². The molecule has 0 saturated heterocycles. The number of methoxy groups -OCH3 is 1. The molecule has 1 amide bonds. The van der Waals surface area contributed by atoms with Crippen molar-refractivity contribution in [3.8, 4) is 34.4 Å². The monoisotopic (exact) mass is 813 g/mol.